The number of hydrogen-bond donors (Lipinski definition) is 2. The van der Waals surface area contributed by atoms with Gasteiger partial charge in [-0.2, -0.15) is 0 Å². The summed E-state index contributed by atoms with van der Waals surface area (Å²) in [6.07, 6.45) is 1.67. The van der Waals surface area contributed by atoms with E-state index in [4.69, 9.17) is 4.74 Å². The minimum absolute atomic E-state index is 0.156. The van der Waals surface area contributed by atoms with Crippen LogP contribution in [-0.2, 0) is 17.6 Å². The molecule has 1 aromatic carbocycles. The maximum absolute atomic E-state index is 9.90. The van der Waals surface area contributed by atoms with E-state index >= 15 is 0 Å². The lowest BCUT2D eigenvalue weighted by Crippen LogP contribution is -2.27. The zero-order chi connectivity index (χ0) is 14.3. The van der Waals surface area contributed by atoms with Crippen LogP contribution in [0.3, 0.4) is 0 Å². The van der Waals surface area contributed by atoms with Gasteiger partial charge >= 0.3 is 0 Å². The molecule has 1 aromatic rings. The number of aliphatic hydroxyl groups excluding tert-OH is 1. The highest BCUT2D eigenvalue weighted by Gasteiger charge is 2.09. The van der Waals surface area contributed by atoms with E-state index in [2.05, 4.69) is 37.4 Å². The molecule has 0 aliphatic carbocycles. The first kappa shape index (κ1) is 16.0. The lowest BCUT2D eigenvalue weighted by Gasteiger charge is -2.19. The molecule has 0 aliphatic rings. The highest BCUT2D eigenvalue weighted by Crippen LogP contribution is 2.22. The summed E-state index contributed by atoms with van der Waals surface area (Å²) in [4.78, 5) is 0. The molecule has 3 heteroatoms. The molecular weight excluding hydrogens is 238 g/mol. The van der Waals surface area contributed by atoms with Crippen LogP contribution in [0.25, 0.3) is 0 Å². The predicted molar refractivity (Wildman–Crippen MR) is 80.8 cm³/mol. The SMILES string of the molecule is CCc1cccc(CC)c1NCC(O)COC(C)C. The Labute approximate surface area is 117 Å². The third-order valence-electron chi connectivity index (χ3n) is 3.14. The summed E-state index contributed by atoms with van der Waals surface area (Å²) < 4.78 is 5.42. The Morgan fingerprint density at radius 1 is 1.16 bits per heavy atom. The molecular formula is C16H27NO2. The van der Waals surface area contributed by atoms with Crippen LogP contribution in [0.15, 0.2) is 18.2 Å². The van der Waals surface area contributed by atoms with Gasteiger partial charge in [0.15, 0.2) is 0 Å². The number of benzene rings is 1. The van der Waals surface area contributed by atoms with E-state index in [9.17, 15) is 5.11 Å². The van der Waals surface area contributed by atoms with Crippen molar-refractivity contribution >= 4 is 5.69 Å². The summed E-state index contributed by atoms with van der Waals surface area (Å²) in [6, 6.07) is 6.37. The first-order chi connectivity index (χ1) is 9.08. The number of aliphatic hydroxyl groups is 1. The second-order valence-electron chi connectivity index (χ2n) is 5.08. The standard InChI is InChI=1S/C16H27NO2/c1-5-13-8-7-9-14(6-2)16(13)17-10-15(18)11-19-12(3)4/h7-9,12,15,17-18H,5-6,10-11H2,1-4H3. The molecule has 0 radical (unpaired) electrons. The van der Waals surface area contributed by atoms with Crippen LogP contribution in [0.4, 0.5) is 5.69 Å². The first-order valence-electron chi connectivity index (χ1n) is 7.22. The van der Waals surface area contributed by atoms with Crippen LogP contribution in [-0.4, -0.2) is 30.5 Å². The molecule has 1 rings (SSSR count). The quantitative estimate of drug-likeness (QED) is 0.759. The van der Waals surface area contributed by atoms with Crippen molar-refractivity contribution in [3.05, 3.63) is 29.3 Å². The molecule has 0 fully saturated rings. The summed E-state index contributed by atoms with van der Waals surface area (Å²) in [5.41, 5.74) is 3.78. The van der Waals surface area contributed by atoms with Gasteiger partial charge in [0.2, 0.25) is 0 Å². The van der Waals surface area contributed by atoms with Crippen LogP contribution >= 0.6 is 0 Å². The molecule has 0 aromatic heterocycles. The largest absolute Gasteiger partial charge is 0.389 e. The van der Waals surface area contributed by atoms with Gasteiger partial charge in [-0.05, 0) is 37.8 Å². The topological polar surface area (TPSA) is 41.5 Å². The normalized spacial score (nSPS) is 12.7. The Kier molecular flexibility index (Phi) is 6.89. The highest BCUT2D eigenvalue weighted by atomic mass is 16.5. The Bertz CT molecular complexity index is 355. The van der Waals surface area contributed by atoms with E-state index in [-0.39, 0.29) is 6.10 Å². The van der Waals surface area contributed by atoms with Crippen molar-refractivity contribution in [2.24, 2.45) is 0 Å². The molecule has 0 amide bonds. The molecule has 0 saturated heterocycles. The van der Waals surface area contributed by atoms with Gasteiger partial charge < -0.3 is 15.2 Å². The second kappa shape index (κ2) is 8.18. The number of ether oxygens (including phenoxy) is 1. The second-order valence-corrected chi connectivity index (χ2v) is 5.08. The molecule has 0 bridgehead atoms. The summed E-state index contributed by atoms with van der Waals surface area (Å²) in [7, 11) is 0. The van der Waals surface area contributed by atoms with E-state index in [0.29, 0.717) is 13.2 Å². The van der Waals surface area contributed by atoms with Gasteiger partial charge in [-0.15, -0.1) is 0 Å². The zero-order valence-electron chi connectivity index (χ0n) is 12.6. The average Bonchev–Trinajstić information content (AvgIpc) is 2.42. The monoisotopic (exact) mass is 265 g/mol. The summed E-state index contributed by atoms with van der Waals surface area (Å²) in [5, 5.41) is 13.3. The van der Waals surface area contributed by atoms with E-state index < -0.39 is 6.10 Å². The Morgan fingerprint density at radius 2 is 1.74 bits per heavy atom. The Morgan fingerprint density at radius 3 is 2.21 bits per heavy atom. The zero-order valence-corrected chi connectivity index (χ0v) is 12.6. The smallest absolute Gasteiger partial charge is 0.0945 e. The van der Waals surface area contributed by atoms with Gasteiger partial charge in [0, 0.05) is 12.2 Å². The number of anilines is 1. The number of aryl methyl sites for hydroxylation is 2. The van der Waals surface area contributed by atoms with Crippen LogP contribution in [0, 0.1) is 0 Å². The minimum atomic E-state index is -0.475. The van der Waals surface area contributed by atoms with Crippen molar-refractivity contribution in [1.29, 1.82) is 0 Å². The Balaban J connectivity index is 2.61. The molecule has 0 spiro atoms. The number of para-hydroxylation sites is 1. The van der Waals surface area contributed by atoms with Crippen molar-refractivity contribution in [1.82, 2.24) is 0 Å². The van der Waals surface area contributed by atoms with Crippen LogP contribution < -0.4 is 5.32 Å². The average molecular weight is 265 g/mol. The van der Waals surface area contributed by atoms with Crippen molar-refractivity contribution in [3.63, 3.8) is 0 Å². The minimum Gasteiger partial charge on any atom is -0.389 e. The van der Waals surface area contributed by atoms with Gasteiger partial charge in [-0.3, -0.25) is 0 Å². The van der Waals surface area contributed by atoms with Gasteiger partial charge in [0.05, 0.1) is 18.8 Å². The van der Waals surface area contributed by atoms with Crippen molar-refractivity contribution in [2.75, 3.05) is 18.5 Å². The van der Waals surface area contributed by atoms with Gasteiger partial charge in [-0.25, -0.2) is 0 Å². The maximum Gasteiger partial charge on any atom is 0.0945 e. The fourth-order valence-corrected chi connectivity index (χ4v) is 2.05. The van der Waals surface area contributed by atoms with Crippen molar-refractivity contribution in [3.8, 4) is 0 Å². The molecule has 0 aliphatic heterocycles. The van der Waals surface area contributed by atoms with Crippen LogP contribution in [0.2, 0.25) is 0 Å². The summed E-state index contributed by atoms with van der Waals surface area (Å²) in [6.45, 7) is 9.15. The fourth-order valence-electron chi connectivity index (χ4n) is 2.05. The molecule has 0 saturated carbocycles. The number of rotatable bonds is 8. The lowest BCUT2D eigenvalue weighted by atomic mass is 10.0. The van der Waals surface area contributed by atoms with Gasteiger partial charge in [0.1, 0.15) is 0 Å². The lowest BCUT2D eigenvalue weighted by molar-refractivity contribution is 0.0112. The molecule has 108 valence electrons. The van der Waals surface area contributed by atoms with E-state index in [0.717, 1.165) is 12.8 Å². The fraction of sp³-hybridized carbons (Fsp3) is 0.625. The molecule has 1 atom stereocenters. The molecule has 3 nitrogen and oxygen atoms in total. The molecule has 1 unspecified atom stereocenters. The van der Waals surface area contributed by atoms with Crippen LogP contribution in [0.5, 0.6) is 0 Å². The molecule has 19 heavy (non-hydrogen) atoms. The summed E-state index contributed by atoms with van der Waals surface area (Å²) in [5.74, 6) is 0. The predicted octanol–water partition coefficient (Wildman–Crippen LogP) is 3.01. The van der Waals surface area contributed by atoms with Gasteiger partial charge in [0.25, 0.3) is 0 Å². The van der Waals surface area contributed by atoms with E-state index in [1.165, 1.54) is 16.8 Å². The summed E-state index contributed by atoms with van der Waals surface area (Å²) >= 11 is 0. The first-order valence-corrected chi connectivity index (χ1v) is 7.22. The number of nitrogens with one attached hydrogen (secondary N) is 1. The van der Waals surface area contributed by atoms with E-state index in [1.807, 2.05) is 13.8 Å². The third-order valence-corrected chi connectivity index (χ3v) is 3.14. The molecule has 0 heterocycles. The van der Waals surface area contributed by atoms with Crippen molar-refractivity contribution in [2.45, 2.75) is 52.7 Å². The third kappa shape index (κ3) is 5.21. The van der Waals surface area contributed by atoms with E-state index in [1.54, 1.807) is 0 Å². The van der Waals surface area contributed by atoms with Crippen LogP contribution in [0.1, 0.15) is 38.8 Å². The van der Waals surface area contributed by atoms with Gasteiger partial charge in [-0.1, -0.05) is 32.0 Å². The maximum atomic E-state index is 9.90. The number of hydrogen-bond acceptors (Lipinski definition) is 3. The molecule has 2 N–H and O–H groups in total. The highest BCUT2D eigenvalue weighted by molar-refractivity contribution is 5.57. The van der Waals surface area contributed by atoms with Crippen molar-refractivity contribution < 1.29 is 9.84 Å². The Hall–Kier alpha value is -1.06.